The summed E-state index contributed by atoms with van der Waals surface area (Å²) in [6.07, 6.45) is 4.50. The second-order valence-corrected chi connectivity index (χ2v) is 4.82. The van der Waals surface area contributed by atoms with E-state index in [0.717, 1.165) is 24.8 Å². The molecule has 0 fully saturated rings. The van der Waals surface area contributed by atoms with Gasteiger partial charge in [0, 0.05) is 6.08 Å². The molecule has 0 heterocycles. The molecule has 1 rings (SSSR count). The first kappa shape index (κ1) is 15.4. The van der Waals surface area contributed by atoms with Gasteiger partial charge in [0.15, 0.2) is 0 Å². The first-order valence-corrected chi connectivity index (χ1v) is 6.63. The van der Waals surface area contributed by atoms with Crippen LogP contribution < -0.4 is 0 Å². The summed E-state index contributed by atoms with van der Waals surface area (Å²) in [5, 5.41) is 10.4. The fraction of sp³-hybridized carbons (Fsp3) is 0.438. The van der Waals surface area contributed by atoms with Crippen LogP contribution in [0.2, 0.25) is 0 Å². The molecule has 3 heteroatoms. The van der Waals surface area contributed by atoms with Gasteiger partial charge in [0.1, 0.15) is 0 Å². The van der Waals surface area contributed by atoms with Crippen molar-refractivity contribution in [1.29, 1.82) is 0 Å². The van der Waals surface area contributed by atoms with E-state index in [4.69, 9.17) is 4.74 Å². The van der Waals surface area contributed by atoms with Crippen LogP contribution in [0.4, 0.5) is 0 Å². The third-order valence-corrected chi connectivity index (χ3v) is 3.11. The molecule has 0 amide bonds. The van der Waals surface area contributed by atoms with Gasteiger partial charge in [-0.15, -0.1) is 0 Å². The van der Waals surface area contributed by atoms with Crippen molar-refractivity contribution < 1.29 is 14.6 Å². The lowest BCUT2D eigenvalue weighted by atomic mass is 9.90. The largest absolute Gasteiger partial charge is 0.463 e. The van der Waals surface area contributed by atoms with Crippen molar-refractivity contribution in [2.24, 2.45) is 0 Å². The molecule has 0 aliphatic carbocycles. The minimum Gasteiger partial charge on any atom is -0.463 e. The summed E-state index contributed by atoms with van der Waals surface area (Å²) >= 11 is 0. The zero-order valence-corrected chi connectivity index (χ0v) is 11.5. The Morgan fingerprint density at radius 1 is 1.32 bits per heavy atom. The van der Waals surface area contributed by atoms with E-state index in [1.165, 1.54) is 6.08 Å². The van der Waals surface area contributed by atoms with Crippen molar-refractivity contribution >= 4 is 5.97 Å². The lowest BCUT2D eigenvalue weighted by Crippen LogP contribution is -2.20. The van der Waals surface area contributed by atoms with E-state index in [-0.39, 0.29) is 5.97 Å². The quantitative estimate of drug-likeness (QED) is 0.444. The van der Waals surface area contributed by atoms with E-state index in [1.54, 1.807) is 0 Å². The summed E-state index contributed by atoms with van der Waals surface area (Å²) in [5.74, 6) is -0.378. The SMILES string of the molecule is C=CC(=O)OCCCCCC(C)(O)c1ccccc1. The number of esters is 1. The van der Waals surface area contributed by atoms with Crippen LogP contribution >= 0.6 is 0 Å². The fourth-order valence-electron chi connectivity index (χ4n) is 1.92. The molecule has 1 unspecified atom stereocenters. The summed E-state index contributed by atoms with van der Waals surface area (Å²) in [6.45, 7) is 5.58. The molecule has 1 aromatic carbocycles. The van der Waals surface area contributed by atoms with Gasteiger partial charge in [-0.1, -0.05) is 43.3 Å². The maximum Gasteiger partial charge on any atom is 0.330 e. The minimum atomic E-state index is -0.793. The molecule has 1 atom stereocenters. The second-order valence-electron chi connectivity index (χ2n) is 4.82. The highest BCUT2D eigenvalue weighted by molar-refractivity contribution is 5.81. The molecule has 0 aliphatic rings. The third-order valence-electron chi connectivity index (χ3n) is 3.11. The number of aliphatic hydroxyl groups is 1. The summed E-state index contributed by atoms with van der Waals surface area (Å²) in [6, 6.07) is 9.67. The topological polar surface area (TPSA) is 46.5 Å². The molecule has 19 heavy (non-hydrogen) atoms. The van der Waals surface area contributed by atoms with Gasteiger partial charge in [0.25, 0.3) is 0 Å². The third kappa shape index (κ3) is 5.71. The smallest absolute Gasteiger partial charge is 0.330 e. The van der Waals surface area contributed by atoms with Gasteiger partial charge in [0.2, 0.25) is 0 Å². The summed E-state index contributed by atoms with van der Waals surface area (Å²) in [5.41, 5.74) is 0.145. The van der Waals surface area contributed by atoms with Crippen molar-refractivity contribution in [2.45, 2.75) is 38.2 Å². The highest BCUT2D eigenvalue weighted by Gasteiger charge is 2.21. The van der Waals surface area contributed by atoms with Crippen LogP contribution in [-0.2, 0) is 15.1 Å². The number of unbranched alkanes of at least 4 members (excludes halogenated alkanes) is 2. The molecule has 0 spiro atoms. The predicted octanol–water partition coefficient (Wildman–Crippen LogP) is 3.18. The van der Waals surface area contributed by atoms with Crippen LogP contribution in [0.25, 0.3) is 0 Å². The van der Waals surface area contributed by atoms with E-state index in [0.29, 0.717) is 13.0 Å². The summed E-state index contributed by atoms with van der Waals surface area (Å²) < 4.78 is 4.89. The van der Waals surface area contributed by atoms with Crippen molar-refractivity contribution in [3.63, 3.8) is 0 Å². The molecule has 0 saturated carbocycles. The standard InChI is InChI=1S/C16H22O3/c1-3-15(17)19-13-9-5-8-12-16(2,18)14-10-6-4-7-11-14/h3-4,6-7,10-11,18H,1,5,8-9,12-13H2,2H3. The minimum absolute atomic E-state index is 0.378. The molecule has 3 nitrogen and oxygen atoms in total. The highest BCUT2D eigenvalue weighted by Crippen LogP contribution is 2.26. The zero-order valence-electron chi connectivity index (χ0n) is 11.5. The van der Waals surface area contributed by atoms with Gasteiger partial charge < -0.3 is 9.84 Å². The molecule has 0 bridgehead atoms. The van der Waals surface area contributed by atoms with Gasteiger partial charge in [-0.3, -0.25) is 0 Å². The van der Waals surface area contributed by atoms with Crippen molar-refractivity contribution in [1.82, 2.24) is 0 Å². The maximum absolute atomic E-state index is 10.8. The van der Waals surface area contributed by atoms with Crippen LogP contribution in [0.1, 0.15) is 38.2 Å². The molecule has 0 radical (unpaired) electrons. The Hall–Kier alpha value is -1.61. The van der Waals surface area contributed by atoms with Crippen molar-refractivity contribution in [2.75, 3.05) is 6.61 Å². The molecule has 104 valence electrons. The van der Waals surface area contributed by atoms with Gasteiger partial charge in [0.05, 0.1) is 12.2 Å². The number of carbonyl (C=O) groups is 1. The Kier molecular flexibility index (Phi) is 6.30. The van der Waals surface area contributed by atoms with Gasteiger partial charge in [-0.2, -0.15) is 0 Å². The Balaban J connectivity index is 2.22. The van der Waals surface area contributed by atoms with Gasteiger partial charge >= 0.3 is 5.97 Å². The highest BCUT2D eigenvalue weighted by atomic mass is 16.5. The number of carbonyl (C=O) groups excluding carboxylic acids is 1. The van der Waals surface area contributed by atoms with Crippen LogP contribution in [-0.4, -0.2) is 17.7 Å². The number of rotatable bonds is 8. The first-order valence-electron chi connectivity index (χ1n) is 6.63. The summed E-state index contributed by atoms with van der Waals surface area (Å²) in [7, 11) is 0. The number of ether oxygens (including phenoxy) is 1. The number of benzene rings is 1. The average Bonchev–Trinajstić information content (AvgIpc) is 2.43. The zero-order chi connectivity index (χ0) is 14.1. The van der Waals surface area contributed by atoms with Crippen molar-refractivity contribution in [3.8, 4) is 0 Å². The fourth-order valence-corrected chi connectivity index (χ4v) is 1.92. The maximum atomic E-state index is 10.8. The summed E-state index contributed by atoms with van der Waals surface area (Å²) in [4.78, 5) is 10.8. The number of hydrogen-bond acceptors (Lipinski definition) is 3. The van der Waals surface area contributed by atoms with E-state index < -0.39 is 5.60 Å². The van der Waals surface area contributed by atoms with Crippen LogP contribution in [0.5, 0.6) is 0 Å². The molecular formula is C16H22O3. The lowest BCUT2D eigenvalue weighted by Gasteiger charge is -2.23. The van der Waals surface area contributed by atoms with Crippen LogP contribution in [0, 0.1) is 0 Å². The number of hydrogen-bond donors (Lipinski definition) is 1. The van der Waals surface area contributed by atoms with E-state index >= 15 is 0 Å². The lowest BCUT2D eigenvalue weighted by molar-refractivity contribution is -0.137. The second kappa shape index (κ2) is 7.74. The Morgan fingerprint density at radius 3 is 2.63 bits per heavy atom. The van der Waals surface area contributed by atoms with Gasteiger partial charge in [-0.25, -0.2) is 4.79 Å². The van der Waals surface area contributed by atoms with Gasteiger partial charge in [-0.05, 0) is 31.7 Å². The average molecular weight is 262 g/mol. The molecule has 0 saturated heterocycles. The first-order chi connectivity index (χ1) is 9.06. The molecular weight excluding hydrogens is 240 g/mol. The van der Waals surface area contributed by atoms with E-state index in [1.807, 2.05) is 37.3 Å². The normalized spacial score (nSPS) is 13.6. The molecule has 0 aromatic heterocycles. The predicted molar refractivity (Wildman–Crippen MR) is 75.6 cm³/mol. The monoisotopic (exact) mass is 262 g/mol. The van der Waals surface area contributed by atoms with E-state index in [2.05, 4.69) is 6.58 Å². The van der Waals surface area contributed by atoms with Crippen molar-refractivity contribution in [3.05, 3.63) is 48.6 Å². The molecule has 1 N–H and O–H groups in total. The molecule has 1 aromatic rings. The van der Waals surface area contributed by atoms with Crippen LogP contribution in [0.15, 0.2) is 43.0 Å². The van der Waals surface area contributed by atoms with E-state index in [9.17, 15) is 9.90 Å². The van der Waals surface area contributed by atoms with Crippen LogP contribution in [0.3, 0.4) is 0 Å². The Morgan fingerprint density at radius 2 is 2.00 bits per heavy atom. The molecule has 0 aliphatic heterocycles. The Bertz CT molecular complexity index is 396. The Labute approximate surface area is 114 Å².